The van der Waals surface area contributed by atoms with Crippen LogP contribution in [-0.2, 0) is 19.4 Å². The summed E-state index contributed by atoms with van der Waals surface area (Å²) in [5.74, 6) is 1.74. The standard InChI is InChI=1S/C20H23NO3S/c1-13-10-21(11-14-7-8-16(23-2)9-18(14)24-13)20(22)19-17-6-4-3-5-15(17)12-25-19/h7-9,12-13H,3-6,10-11H2,1-2H3/t13-/m0/s1. The highest BCUT2D eigenvalue weighted by atomic mass is 32.1. The third-order valence-electron chi connectivity index (χ3n) is 5.03. The molecule has 1 amide bonds. The van der Waals surface area contributed by atoms with Gasteiger partial charge in [0.05, 0.1) is 18.5 Å². The molecule has 0 fully saturated rings. The van der Waals surface area contributed by atoms with Crippen molar-refractivity contribution < 1.29 is 14.3 Å². The normalized spacial score (nSPS) is 19.4. The quantitative estimate of drug-likeness (QED) is 0.814. The van der Waals surface area contributed by atoms with Gasteiger partial charge in [0.1, 0.15) is 17.6 Å². The molecule has 2 aromatic rings. The number of thiophene rings is 1. The van der Waals surface area contributed by atoms with E-state index in [9.17, 15) is 4.79 Å². The molecule has 0 saturated heterocycles. The number of hydrogen-bond donors (Lipinski definition) is 0. The molecule has 1 aromatic carbocycles. The highest BCUT2D eigenvalue weighted by Gasteiger charge is 2.28. The summed E-state index contributed by atoms with van der Waals surface area (Å²) in [6, 6.07) is 5.83. The number of hydrogen-bond acceptors (Lipinski definition) is 4. The van der Waals surface area contributed by atoms with Gasteiger partial charge >= 0.3 is 0 Å². The summed E-state index contributed by atoms with van der Waals surface area (Å²) < 4.78 is 11.3. The maximum absolute atomic E-state index is 13.2. The van der Waals surface area contributed by atoms with E-state index in [1.807, 2.05) is 30.0 Å². The lowest BCUT2D eigenvalue weighted by molar-refractivity contribution is 0.0694. The number of methoxy groups -OCH3 is 1. The second-order valence-electron chi connectivity index (χ2n) is 6.86. The molecular formula is C20H23NO3S. The number of carbonyl (C=O) groups excluding carboxylic acids is 1. The summed E-state index contributed by atoms with van der Waals surface area (Å²) in [7, 11) is 1.65. The van der Waals surface area contributed by atoms with Gasteiger partial charge in [-0.1, -0.05) is 0 Å². The number of fused-ring (bicyclic) bond motifs is 2. The van der Waals surface area contributed by atoms with Gasteiger partial charge in [0.15, 0.2) is 0 Å². The molecule has 5 heteroatoms. The average Bonchev–Trinajstić information content (AvgIpc) is 2.97. The average molecular weight is 357 g/mol. The van der Waals surface area contributed by atoms with Crippen LogP contribution in [0.25, 0.3) is 0 Å². The van der Waals surface area contributed by atoms with Gasteiger partial charge in [-0.2, -0.15) is 0 Å². The lowest BCUT2D eigenvalue weighted by Gasteiger charge is -2.23. The largest absolute Gasteiger partial charge is 0.497 e. The van der Waals surface area contributed by atoms with Crippen LogP contribution in [0.4, 0.5) is 0 Å². The number of aryl methyl sites for hydroxylation is 1. The predicted octanol–water partition coefficient (Wildman–Crippen LogP) is 4.06. The first-order chi connectivity index (χ1) is 12.2. The maximum Gasteiger partial charge on any atom is 0.264 e. The first-order valence-corrected chi connectivity index (χ1v) is 9.75. The van der Waals surface area contributed by atoms with Crippen molar-refractivity contribution in [1.29, 1.82) is 0 Å². The summed E-state index contributed by atoms with van der Waals surface area (Å²) in [6.07, 6.45) is 4.52. The Balaban J connectivity index is 1.63. The van der Waals surface area contributed by atoms with E-state index >= 15 is 0 Å². The van der Waals surface area contributed by atoms with Crippen molar-refractivity contribution in [2.45, 2.75) is 45.3 Å². The molecule has 0 radical (unpaired) electrons. The highest BCUT2D eigenvalue weighted by molar-refractivity contribution is 7.12. The molecule has 1 atom stereocenters. The maximum atomic E-state index is 13.2. The van der Waals surface area contributed by atoms with Crippen molar-refractivity contribution in [2.75, 3.05) is 13.7 Å². The summed E-state index contributed by atoms with van der Waals surface area (Å²) in [5.41, 5.74) is 3.70. The van der Waals surface area contributed by atoms with Crippen LogP contribution in [0, 0.1) is 0 Å². The Morgan fingerprint density at radius 3 is 2.96 bits per heavy atom. The van der Waals surface area contributed by atoms with Crippen LogP contribution in [-0.4, -0.2) is 30.6 Å². The molecule has 0 saturated carbocycles. The van der Waals surface area contributed by atoms with E-state index in [1.54, 1.807) is 18.4 Å². The predicted molar refractivity (Wildman–Crippen MR) is 98.8 cm³/mol. The van der Waals surface area contributed by atoms with Gasteiger partial charge in [-0.05, 0) is 61.2 Å². The van der Waals surface area contributed by atoms with E-state index in [2.05, 4.69) is 5.38 Å². The fraction of sp³-hybridized carbons (Fsp3) is 0.450. The Kier molecular flexibility index (Phi) is 4.42. The Morgan fingerprint density at radius 2 is 2.12 bits per heavy atom. The van der Waals surface area contributed by atoms with Crippen LogP contribution in [0.5, 0.6) is 11.5 Å². The van der Waals surface area contributed by atoms with Crippen LogP contribution in [0.1, 0.15) is 46.1 Å². The first kappa shape index (κ1) is 16.5. The van der Waals surface area contributed by atoms with Crippen LogP contribution < -0.4 is 9.47 Å². The molecule has 4 nitrogen and oxygen atoms in total. The third-order valence-corrected chi connectivity index (χ3v) is 6.09. The molecule has 2 aliphatic rings. The molecule has 4 rings (SSSR count). The van der Waals surface area contributed by atoms with Crippen molar-refractivity contribution in [2.24, 2.45) is 0 Å². The summed E-state index contributed by atoms with van der Waals surface area (Å²) in [4.78, 5) is 16.1. The van der Waals surface area contributed by atoms with Crippen molar-refractivity contribution in [3.05, 3.63) is 45.1 Å². The van der Waals surface area contributed by atoms with E-state index in [1.165, 1.54) is 24.0 Å². The van der Waals surface area contributed by atoms with E-state index in [-0.39, 0.29) is 12.0 Å². The molecule has 0 bridgehead atoms. The van der Waals surface area contributed by atoms with Gasteiger partial charge in [0.2, 0.25) is 0 Å². The summed E-state index contributed by atoms with van der Waals surface area (Å²) in [6.45, 7) is 3.19. The second-order valence-corrected chi connectivity index (χ2v) is 7.74. The lowest BCUT2D eigenvalue weighted by atomic mass is 9.93. The van der Waals surface area contributed by atoms with Crippen LogP contribution in [0.15, 0.2) is 23.6 Å². The monoisotopic (exact) mass is 357 g/mol. The zero-order valence-corrected chi connectivity index (χ0v) is 15.5. The molecular weight excluding hydrogens is 334 g/mol. The van der Waals surface area contributed by atoms with Crippen molar-refractivity contribution in [3.63, 3.8) is 0 Å². The zero-order chi connectivity index (χ0) is 17.4. The van der Waals surface area contributed by atoms with Crippen molar-refractivity contribution in [3.8, 4) is 11.5 Å². The summed E-state index contributed by atoms with van der Waals surface area (Å²) in [5, 5.41) is 2.18. The van der Waals surface area contributed by atoms with Gasteiger partial charge in [-0.25, -0.2) is 0 Å². The number of benzene rings is 1. The number of ether oxygens (including phenoxy) is 2. The Bertz CT molecular complexity index is 798. The van der Waals surface area contributed by atoms with E-state index in [0.717, 1.165) is 34.8 Å². The fourth-order valence-electron chi connectivity index (χ4n) is 3.73. The third kappa shape index (κ3) is 3.13. The minimum atomic E-state index is -0.0481. The molecule has 1 aromatic heterocycles. The van der Waals surface area contributed by atoms with Crippen molar-refractivity contribution in [1.82, 2.24) is 4.90 Å². The highest BCUT2D eigenvalue weighted by Crippen LogP contribution is 2.33. The van der Waals surface area contributed by atoms with E-state index < -0.39 is 0 Å². The van der Waals surface area contributed by atoms with E-state index in [4.69, 9.17) is 9.47 Å². The molecule has 1 aliphatic carbocycles. The Hall–Kier alpha value is -2.01. The number of rotatable bonds is 2. The van der Waals surface area contributed by atoms with Crippen LogP contribution in [0.3, 0.4) is 0 Å². The Labute approximate surface area is 152 Å². The number of amides is 1. The van der Waals surface area contributed by atoms with Gasteiger partial charge in [0, 0.05) is 18.2 Å². The van der Waals surface area contributed by atoms with Gasteiger partial charge in [-0.15, -0.1) is 11.3 Å². The van der Waals surface area contributed by atoms with Gasteiger partial charge in [0.25, 0.3) is 5.91 Å². The fourth-order valence-corrected chi connectivity index (χ4v) is 4.86. The molecule has 2 heterocycles. The topological polar surface area (TPSA) is 38.8 Å². The van der Waals surface area contributed by atoms with Crippen LogP contribution >= 0.6 is 11.3 Å². The SMILES string of the molecule is COc1ccc2c(c1)O[C@@H](C)CN(C(=O)c1scc3c1CCCC3)C2. The molecule has 0 unspecified atom stereocenters. The number of nitrogens with zero attached hydrogens (tertiary/aromatic N) is 1. The first-order valence-electron chi connectivity index (χ1n) is 8.88. The minimum Gasteiger partial charge on any atom is -0.497 e. The Morgan fingerprint density at radius 1 is 1.28 bits per heavy atom. The molecule has 25 heavy (non-hydrogen) atoms. The van der Waals surface area contributed by atoms with Gasteiger partial charge < -0.3 is 14.4 Å². The van der Waals surface area contributed by atoms with Crippen molar-refractivity contribution >= 4 is 17.2 Å². The molecule has 132 valence electrons. The van der Waals surface area contributed by atoms with E-state index in [0.29, 0.717) is 13.1 Å². The molecule has 0 spiro atoms. The van der Waals surface area contributed by atoms with Gasteiger partial charge in [-0.3, -0.25) is 4.79 Å². The smallest absolute Gasteiger partial charge is 0.264 e. The summed E-state index contributed by atoms with van der Waals surface area (Å²) >= 11 is 1.61. The minimum absolute atomic E-state index is 0.0481. The lowest BCUT2D eigenvalue weighted by Crippen LogP contribution is -2.36. The molecule has 1 aliphatic heterocycles. The second kappa shape index (κ2) is 6.71. The zero-order valence-electron chi connectivity index (χ0n) is 14.7. The number of carbonyl (C=O) groups is 1. The van der Waals surface area contributed by atoms with Crippen LogP contribution in [0.2, 0.25) is 0 Å². The molecule has 0 N–H and O–H groups in total.